The van der Waals surface area contributed by atoms with Crippen LogP contribution in [-0.2, 0) is 11.2 Å². The highest BCUT2D eigenvalue weighted by molar-refractivity contribution is 7.13. The van der Waals surface area contributed by atoms with Gasteiger partial charge in [0.1, 0.15) is 0 Å². The maximum Gasteiger partial charge on any atom is 0.413 e. The summed E-state index contributed by atoms with van der Waals surface area (Å²) < 4.78 is 5.26. The number of para-hydroxylation sites is 1. The lowest BCUT2D eigenvalue weighted by Gasteiger charge is -2.25. The summed E-state index contributed by atoms with van der Waals surface area (Å²) in [7, 11) is 0. The molecule has 1 N–H and O–H groups in total. The lowest BCUT2D eigenvalue weighted by molar-refractivity contribution is 0.163. The van der Waals surface area contributed by atoms with E-state index in [9.17, 15) is 4.79 Å². The number of anilines is 2. The first-order valence-electron chi connectivity index (χ1n) is 9.39. The molecule has 0 bridgehead atoms. The lowest BCUT2D eigenvalue weighted by Crippen LogP contribution is -2.22. The van der Waals surface area contributed by atoms with E-state index in [1.165, 1.54) is 17.0 Å². The highest BCUT2D eigenvalue weighted by Crippen LogP contribution is 2.37. The van der Waals surface area contributed by atoms with Crippen molar-refractivity contribution in [2.24, 2.45) is 0 Å². The smallest absolute Gasteiger partial charge is 0.413 e. The number of thiazole rings is 1. The van der Waals surface area contributed by atoms with Gasteiger partial charge in [0, 0.05) is 36.4 Å². The third kappa shape index (κ3) is 4.48. The number of hydrogen-bond acceptors (Lipinski definition) is 6. The van der Waals surface area contributed by atoms with Crippen LogP contribution in [-0.4, -0.2) is 29.2 Å². The molecule has 1 amide bonds. The Morgan fingerprint density at radius 3 is 2.86 bits per heavy atom. The standard InChI is InChI=1S/C21H22N4O2S/c26-21(27-14-10-16-8-11-22-12-9-16)24-20-23-18(15-28-20)19-7-4-13-25(19)17-5-2-1-3-6-17/h1-3,5-6,8-9,11-12,15,19H,4,7,10,13-14H2,(H,23,24,26). The summed E-state index contributed by atoms with van der Waals surface area (Å²) in [6, 6.07) is 14.5. The van der Waals surface area contributed by atoms with Crippen LogP contribution < -0.4 is 10.2 Å². The molecule has 0 saturated carbocycles. The number of benzene rings is 1. The average molecular weight is 395 g/mol. The van der Waals surface area contributed by atoms with E-state index in [4.69, 9.17) is 4.74 Å². The number of rotatable bonds is 6. The van der Waals surface area contributed by atoms with Crippen molar-refractivity contribution >= 4 is 28.2 Å². The molecule has 1 unspecified atom stereocenters. The molecule has 1 aliphatic heterocycles. The van der Waals surface area contributed by atoms with Gasteiger partial charge in [-0.05, 0) is 42.7 Å². The van der Waals surface area contributed by atoms with Crippen molar-refractivity contribution in [3.8, 4) is 0 Å². The Hall–Kier alpha value is -2.93. The first-order valence-corrected chi connectivity index (χ1v) is 10.3. The predicted molar refractivity (Wildman–Crippen MR) is 111 cm³/mol. The fourth-order valence-corrected chi connectivity index (χ4v) is 4.18. The van der Waals surface area contributed by atoms with Gasteiger partial charge in [-0.2, -0.15) is 0 Å². The van der Waals surface area contributed by atoms with Crippen LogP contribution in [0.1, 0.15) is 30.1 Å². The van der Waals surface area contributed by atoms with Gasteiger partial charge in [0.25, 0.3) is 0 Å². The summed E-state index contributed by atoms with van der Waals surface area (Å²) in [6.45, 7) is 1.34. The van der Waals surface area contributed by atoms with Gasteiger partial charge >= 0.3 is 6.09 Å². The molecule has 0 aliphatic carbocycles. The van der Waals surface area contributed by atoms with Gasteiger partial charge in [0.05, 0.1) is 18.3 Å². The first-order chi connectivity index (χ1) is 13.8. The van der Waals surface area contributed by atoms with E-state index in [-0.39, 0.29) is 6.04 Å². The van der Waals surface area contributed by atoms with Gasteiger partial charge in [-0.15, -0.1) is 11.3 Å². The van der Waals surface area contributed by atoms with Gasteiger partial charge in [0.15, 0.2) is 5.13 Å². The van der Waals surface area contributed by atoms with Crippen LogP contribution in [0.3, 0.4) is 0 Å². The van der Waals surface area contributed by atoms with E-state index in [0.717, 1.165) is 30.6 Å². The van der Waals surface area contributed by atoms with Gasteiger partial charge in [-0.1, -0.05) is 18.2 Å². The molecule has 0 spiro atoms. The number of nitrogens with zero attached hydrogens (tertiary/aromatic N) is 3. The predicted octanol–water partition coefficient (Wildman–Crippen LogP) is 4.67. The molecule has 144 valence electrons. The summed E-state index contributed by atoms with van der Waals surface area (Å²) in [4.78, 5) is 23.0. The van der Waals surface area contributed by atoms with Crippen molar-refractivity contribution < 1.29 is 9.53 Å². The van der Waals surface area contributed by atoms with E-state index >= 15 is 0 Å². The van der Waals surface area contributed by atoms with E-state index in [0.29, 0.717) is 18.2 Å². The summed E-state index contributed by atoms with van der Waals surface area (Å²) >= 11 is 1.43. The number of aromatic nitrogens is 2. The minimum atomic E-state index is -0.471. The number of hydrogen-bond donors (Lipinski definition) is 1. The number of nitrogens with one attached hydrogen (secondary N) is 1. The Morgan fingerprint density at radius 2 is 2.04 bits per heavy atom. The second-order valence-corrected chi connectivity index (χ2v) is 7.49. The van der Waals surface area contributed by atoms with Crippen LogP contribution in [0.15, 0.2) is 60.2 Å². The fourth-order valence-electron chi connectivity index (χ4n) is 3.43. The number of carbonyl (C=O) groups is 1. The number of pyridine rings is 1. The van der Waals surface area contributed by atoms with Crippen LogP contribution in [0.5, 0.6) is 0 Å². The minimum absolute atomic E-state index is 0.247. The van der Waals surface area contributed by atoms with Crippen LogP contribution in [0.2, 0.25) is 0 Å². The maximum absolute atomic E-state index is 12.0. The molecule has 3 heterocycles. The zero-order valence-electron chi connectivity index (χ0n) is 15.5. The summed E-state index contributed by atoms with van der Waals surface area (Å²) in [5.41, 5.74) is 3.29. The number of amides is 1. The zero-order valence-corrected chi connectivity index (χ0v) is 16.3. The van der Waals surface area contributed by atoms with Crippen molar-refractivity contribution in [3.05, 3.63) is 71.5 Å². The molecule has 1 saturated heterocycles. The molecule has 1 aromatic carbocycles. The van der Waals surface area contributed by atoms with Crippen molar-refractivity contribution in [2.75, 3.05) is 23.4 Å². The second-order valence-electron chi connectivity index (χ2n) is 6.63. The van der Waals surface area contributed by atoms with Crippen molar-refractivity contribution in [3.63, 3.8) is 0 Å². The molecule has 28 heavy (non-hydrogen) atoms. The van der Waals surface area contributed by atoms with E-state index in [2.05, 4.69) is 44.5 Å². The van der Waals surface area contributed by atoms with Crippen LogP contribution >= 0.6 is 11.3 Å². The summed E-state index contributed by atoms with van der Waals surface area (Å²) in [5, 5.41) is 5.34. The Balaban J connectivity index is 1.32. The molecular formula is C21H22N4O2S. The van der Waals surface area contributed by atoms with Gasteiger partial charge < -0.3 is 9.64 Å². The molecule has 1 aliphatic rings. The highest BCUT2D eigenvalue weighted by Gasteiger charge is 2.28. The van der Waals surface area contributed by atoms with E-state index in [1.54, 1.807) is 12.4 Å². The van der Waals surface area contributed by atoms with Crippen LogP contribution in [0.4, 0.5) is 15.6 Å². The third-order valence-corrected chi connectivity index (χ3v) is 5.56. The van der Waals surface area contributed by atoms with E-state index in [1.807, 2.05) is 23.6 Å². The van der Waals surface area contributed by atoms with Gasteiger partial charge in [-0.25, -0.2) is 9.78 Å². The molecule has 1 atom stereocenters. The van der Waals surface area contributed by atoms with Gasteiger partial charge in [0.2, 0.25) is 0 Å². The first kappa shape index (κ1) is 18.4. The molecule has 1 fully saturated rings. The average Bonchev–Trinajstić information content (AvgIpc) is 3.39. The Morgan fingerprint density at radius 1 is 1.21 bits per heavy atom. The quantitative estimate of drug-likeness (QED) is 0.658. The number of carbonyl (C=O) groups excluding carboxylic acids is 1. The topological polar surface area (TPSA) is 67.4 Å². The summed E-state index contributed by atoms with van der Waals surface area (Å²) in [6.07, 6.45) is 5.85. The Kier molecular flexibility index (Phi) is 5.82. The van der Waals surface area contributed by atoms with Crippen molar-refractivity contribution in [1.29, 1.82) is 0 Å². The highest BCUT2D eigenvalue weighted by atomic mass is 32.1. The maximum atomic E-state index is 12.0. The summed E-state index contributed by atoms with van der Waals surface area (Å²) in [5.74, 6) is 0. The Bertz CT molecular complexity index is 901. The third-order valence-electron chi connectivity index (χ3n) is 4.79. The SMILES string of the molecule is O=C(Nc1nc(C2CCCN2c2ccccc2)cs1)OCCc1ccncc1. The fraction of sp³-hybridized carbons (Fsp3) is 0.286. The van der Waals surface area contributed by atoms with Gasteiger partial charge in [-0.3, -0.25) is 10.3 Å². The Labute approximate surface area is 168 Å². The lowest BCUT2D eigenvalue weighted by atomic mass is 10.1. The largest absolute Gasteiger partial charge is 0.449 e. The molecule has 2 aromatic heterocycles. The molecule has 0 radical (unpaired) electrons. The van der Waals surface area contributed by atoms with Crippen LogP contribution in [0.25, 0.3) is 0 Å². The molecular weight excluding hydrogens is 372 g/mol. The molecule has 3 aromatic rings. The van der Waals surface area contributed by atoms with Crippen molar-refractivity contribution in [2.45, 2.75) is 25.3 Å². The van der Waals surface area contributed by atoms with E-state index < -0.39 is 6.09 Å². The van der Waals surface area contributed by atoms with Crippen LogP contribution in [0, 0.1) is 0 Å². The minimum Gasteiger partial charge on any atom is -0.449 e. The number of ether oxygens (including phenoxy) is 1. The molecule has 6 nitrogen and oxygen atoms in total. The molecule has 7 heteroatoms. The monoisotopic (exact) mass is 394 g/mol. The zero-order chi connectivity index (χ0) is 19.2. The molecule has 4 rings (SSSR count). The second kappa shape index (κ2) is 8.84. The van der Waals surface area contributed by atoms with Crippen molar-refractivity contribution in [1.82, 2.24) is 9.97 Å². The normalized spacial score (nSPS) is 16.1.